The lowest BCUT2D eigenvalue weighted by atomic mass is 10.2. The largest absolute Gasteiger partial charge is 0.314 e. The van der Waals surface area contributed by atoms with Crippen LogP contribution >= 0.6 is 11.8 Å². The highest BCUT2D eigenvalue weighted by molar-refractivity contribution is 7.98. The van der Waals surface area contributed by atoms with Gasteiger partial charge >= 0.3 is 0 Å². The first kappa shape index (κ1) is 14.7. The van der Waals surface area contributed by atoms with Crippen LogP contribution in [0.15, 0.2) is 29.2 Å². The zero-order chi connectivity index (χ0) is 13.4. The van der Waals surface area contributed by atoms with Crippen molar-refractivity contribution in [2.75, 3.05) is 18.2 Å². The van der Waals surface area contributed by atoms with E-state index in [0.717, 1.165) is 29.8 Å². The minimum absolute atomic E-state index is 0.147. The second kappa shape index (κ2) is 7.84. The van der Waals surface area contributed by atoms with Crippen LogP contribution in [0.4, 0.5) is 5.69 Å². The van der Waals surface area contributed by atoms with Crippen LogP contribution in [-0.2, 0) is 4.79 Å². The Morgan fingerprint density at radius 2 is 2.11 bits per heavy atom. The van der Waals surface area contributed by atoms with E-state index in [2.05, 4.69) is 5.92 Å². The Labute approximate surface area is 114 Å². The van der Waals surface area contributed by atoms with Crippen molar-refractivity contribution in [1.82, 2.24) is 0 Å². The van der Waals surface area contributed by atoms with Gasteiger partial charge in [0.15, 0.2) is 0 Å². The number of thioether (sulfide) groups is 1. The molecule has 0 saturated carbocycles. The Morgan fingerprint density at radius 3 is 2.78 bits per heavy atom. The summed E-state index contributed by atoms with van der Waals surface area (Å²) in [7, 11) is 1.83. The van der Waals surface area contributed by atoms with Gasteiger partial charge in [0.1, 0.15) is 0 Å². The van der Waals surface area contributed by atoms with E-state index in [1.54, 1.807) is 16.7 Å². The molecule has 0 atom stereocenters. The zero-order valence-electron chi connectivity index (χ0n) is 11.0. The van der Waals surface area contributed by atoms with Crippen LogP contribution in [0.1, 0.15) is 25.7 Å². The summed E-state index contributed by atoms with van der Waals surface area (Å²) in [5, 5.41) is 0. The van der Waals surface area contributed by atoms with E-state index >= 15 is 0 Å². The van der Waals surface area contributed by atoms with Crippen molar-refractivity contribution in [3.63, 3.8) is 0 Å². The number of terminal acetylenes is 1. The maximum absolute atomic E-state index is 12.0. The first-order chi connectivity index (χ1) is 8.70. The van der Waals surface area contributed by atoms with Crippen molar-refractivity contribution in [2.45, 2.75) is 30.6 Å². The second-order valence-electron chi connectivity index (χ2n) is 4.04. The van der Waals surface area contributed by atoms with Crippen molar-refractivity contribution in [2.24, 2.45) is 0 Å². The summed E-state index contributed by atoms with van der Waals surface area (Å²) in [5.74, 6) is 2.74. The van der Waals surface area contributed by atoms with E-state index in [-0.39, 0.29) is 5.91 Å². The molecule has 0 aliphatic rings. The van der Waals surface area contributed by atoms with E-state index in [9.17, 15) is 4.79 Å². The predicted molar refractivity (Wildman–Crippen MR) is 78.9 cm³/mol. The van der Waals surface area contributed by atoms with Crippen molar-refractivity contribution in [1.29, 1.82) is 0 Å². The van der Waals surface area contributed by atoms with Crippen LogP contribution in [0.5, 0.6) is 0 Å². The van der Waals surface area contributed by atoms with Crippen LogP contribution in [-0.4, -0.2) is 19.2 Å². The number of nitrogens with zero attached hydrogens (tertiary/aromatic N) is 1. The Balaban J connectivity index is 2.60. The van der Waals surface area contributed by atoms with Crippen molar-refractivity contribution < 1.29 is 4.79 Å². The van der Waals surface area contributed by atoms with Gasteiger partial charge in [-0.2, -0.15) is 0 Å². The summed E-state index contributed by atoms with van der Waals surface area (Å²) in [6.07, 6.45) is 10.3. The molecule has 0 aliphatic carbocycles. The van der Waals surface area contributed by atoms with Gasteiger partial charge in [-0.1, -0.05) is 12.1 Å². The lowest BCUT2D eigenvalue weighted by Gasteiger charge is -2.19. The molecule has 1 aromatic carbocycles. The number of benzene rings is 1. The van der Waals surface area contributed by atoms with Gasteiger partial charge in [0.05, 0.1) is 5.69 Å². The van der Waals surface area contributed by atoms with Gasteiger partial charge in [0.25, 0.3) is 0 Å². The highest BCUT2D eigenvalue weighted by atomic mass is 32.2. The number of rotatable bonds is 6. The summed E-state index contributed by atoms with van der Waals surface area (Å²) in [4.78, 5) is 14.9. The number of unbranched alkanes of at least 4 members (excludes halogenated alkanes) is 2. The normalized spacial score (nSPS) is 9.83. The molecular formula is C15H19NOS. The van der Waals surface area contributed by atoms with Gasteiger partial charge in [-0.25, -0.2) is 0 Å². The molecular weight excluding hydrogens is 242 g/mol. The molecule has 0 fully saturated rings. The molecule has 1 rings (SSSR count). The number of hydrogen-bond donors (Lipinski definition) is 0. The van der Waals surface area contributed by atoms with Gasteiger partial charge < -0.3 is 4.90 Å². The molecule has 0 saturated heterocycles. The summed E-state index contributed by atoms with van der Waals surface area (Å²) < 4.78 is 0. The third kappa shape index (κ3) is 4.12. The first-order valence-corrected chi connectivity index (χ1v) is 7.26. The molecule has 96 valence electrons. The number of carbonyl (C=O) groups excluding carboxylic acids is 1. The van der Waals surface area contributed by atoms with Gasteiger partial charge in [0.2, 0.25) is 5.91 Å². The van der Waals surface area contributed by atoms with Crippen molar-refractivity contribution in [3.8, 4) is 12.3 Å². The minimum Gasteiger partial charge on any atom is -0.314 e. The fraction of sp³-hybridized carbons (Fsp3) is 0.400. The molecule has 3 heteroatoms. The number of para-hydroxylation sites is 1. The molecule has 0 unspecified atom stereocenters. The van der Waals surface area contributed by atoms with E-state index in [4.69, 9.17) is 6.42 Å². The predicted octanol–water partition coefficient (Wildman–Crippen LogP) is 3.56. The standard InChI is InChI=1S/C15H19NOS/c1-4-5-6-7-12-15(17)16(2)13-10-8-9-11-14(13)18-3/h1,8-11H,5-7,12H2,2-3H3. The lowest BCUT2D eigenvalue weighted by Crippen LogP contribution is -2.26. The quantitative estimate of drug-likeness (QED) is 0.443. The molecule has 18 heavy (non-hydrogen) atoms. The molecule has 0 bridgehead atoms. The molecule has 0 N–H and O–H groups in total. The third-order valence-corrected chi connectivity index (χ3v) is 3.57. The number of hydrogen-bond acceptors (Lipinski definition) is 2. The first-order valence-electron chi connectivity index (χ1n) is 6.03. The second-order valence-corrected chi connectivity index (χ2v) is 4.88. The minimum atomic E-state index is 0.147. The van der Waals surface area contributed by atoms with Gasteiger partial charge in [-0.05, 0) is 31.2 Å². The molecule has 1 aromatic rings. The third-order valence-electron chi connectivity index (χ3n) is 2.78. The van der Waals surface area contributed by atoms with Crippen LogP contribution in [0.25, 0.3) is 0 Å². The molecule has 0 aromatic heterocycles. The average molecular weight is 261 g/mol. The maximum atomic E-state index is 12.0. The van der Waals surface area contributed by atoms with Gasteiger partial charge in [0, 0.05) is 24.8 Å². The molecule has 1 amide bonds. The molecule has 0 aliphatic heterocycles. The Morgan fingerprint density at radius 1 is 1.39 bits per heavy atom. The van der Waals surface area contributed by atoms with E-state index in [1.807, 2.05) is 37.6 Å². The van der Waals surface area contributed by atoms with E-state index < -0.39 is 0 Å². The molecule has 0 radical (unpaired) electrons. The van der Waals surface area contributed by atoms with Gasteiger partial charge in [-0.15, -0.1) is 24.1 Å². The number of anilines is 1. The van der Waals surface area contributed by atoms with Crippen molar-refractivity contribution >= 4 is 23.4 Å². The van der Waals surface area contributed by atoms with Crippen molar-refractivity contribution in [3.05, 3.63) is 24.3 Å². The highest BCUT2D eigenvalue weighted by Crippen LogP contribution is 2.27. The van der Waals surface area contributed by atoms with Crippen LogP contribution < -0.4 is 4.90 Å². The number of carbonyl (C=O) groups is 1. The summed E-state index contributed by atoms with van der Waals surface area (Å²) in [6, 6.07) is 7.95. The SMILES string of the molecule is C#CCCCCC(=O)N(C)c1ccccc1SC. The Hall–Kier alpha value is -1.40. The molecule has 0 heterocycles. The fourth-order valence-electron chi connectivity index (χ4n) is 1.71. The monoisotopic (exact) mass is 261 g/mol. The lowest BCUT2D eigenvalue weighted by molar-refractivity contribution is -0.118. The van der Waals surface area contributed by atoms with Crippen LogP contribution in [0.2, 0.25) is 0 Å². The topological polar surface area (TPSA) is 20.3 Å². The van der Waals surface area contributed by atoms with Gasteiger partial charge in [-0.3, -0.25) is 4.79 Å². The summed E-state index contributed by atoms with van der Waals surface area (Å²) in [5.41, 5.74) is 0.979. The molecule has 0 spiro atoms. The Bertz CT molecular complexity index is 436. The van der Waals surface area contributed by atoms with Crippen LogP contribution in [0.3, 0.4) is 0 Å². The number of amides is 1. The fourth-order valence-corrected chi connectivity index (χ4v) is 2.34. The van der Waals surface area contributed by atoms with Crippen LogP contribution in [0, 0.1) is 12.3 Å². The van der Waals surface area contributed by atoms with E-state index in [0.29, 0.717) is 6.42 Å². The summed E-state index contributed by atoms with van der Waals surface area (Å²) >= 11 is 1.65. The maximum Gasteiger partial charge on any atom is 0.226 e. The molecule has 2 nitrogen and oxygen atoms in total. The highest BCUT2D eigenvalue weighted by Gasteiger charge is 2.13. The summed E-state index contributed by atoms with van der Waals surface area (Å²) in [6.45, 7) is 0. The smallest absolute Gasteiger partial charge is 0.226 e. The average Bonchev–Trinajstić information content (AvgIpc) is 2.42. The zero-order valence-corrected chi connectivity index (χ0v) is 11.8. The Kier molecular flexibility index (Phi) is 6.38. The van der Waals surface area contributed by atoms with E-state index in [1.165, 1.54) is 0 Å².